The summed E-state index contributed by atoms with van der Waals surface area (Å²) in [5.41, 5.74) is 4.50. The molecular weight excluding hydrogens is 376 g/mol. The number of rotatable bonds is 6. The standard InChI is InChI=1S/C22H19BrO2/c23-21-12-10-18(11-13-21)17-6-8-19(9-7-17)20(15-22(24)25)14-16-4-2-1-3-5-16/h1-13,20H,14-15H2,(H,24,25). The van der Waals surface area contributed by atoms with Gasteiger partial charge in [-0.15, -0.1) is 0 Å². The number of hydrogen-bond acceptors (Lipinski definition) is 1. The van der Waals surface area contributed by atoms with E-state index in [0.717, 1.165) is 33.1 Å². The topological polar surface area (TPSA) is 37.3 Å². The molecule has 1 N–H and O–H groups in total. The van der Waals surface area contributed by atoms with Crippen LogP contribution in [0, 0.1) is 0 Å². The lowest BCUT2D eigenvalue weighted by atomic mass is 9.88. The molecule has 25 heavy (non-hydrogen) atoms. The first-order chi connectivity index (χ1) is 12.1. The van der Waals surface area contributed by atoms with Gasteiger partial charge in [-0.3, -0.25) is 4.79 Å². The SMILES string of the molecule is O=C(O)CC(Cc1ccccc1)c1ccc(-c2ccc(Br)cc2)cc1. The van der Waals surface area contributed by atoms with Gasteiger partial charge in [-0.2, -0.15) is 0 Å². The molecule has 0 spiro atoms. The summed E-state index contributed by atoms with van der Waals surface area (Å²) in [5, 5.41) is 9.28. The van der Waals surface area contributed by atoms with Crippen LogP contribution in [0.1, 0.15) is 23.5 Å². The van der Waals surface area contributed by atoms with E-state index < -0.39 is 5.97 Å². The van der Waals surface area contributed by atoms with E-state index in [1.54, 1.807) is 0 Å². The summed E-state index contributed by atoms with van der Waals surface area (Å²) in [7, 11) is 0. The van der Waals surface area contributed by atoms with Crippen LogP contribution in [-0.2, 0) is 11.2 Å². The third-order valence-corrected chi connectivity index (χ3v) is 4.83. The lowest BCUT2D eigenvalue weighted by molar-refractivity contribution is -0.137. The van der Waals surface area contributed by atoms with Crippen molar-refractivity contribution in [3.05, 3.63) is 94.5 Å². The molecule has 0 fully saturated rings. The van der Waals surface area contributed by atoms with Gasteiger partial charge in [0, 0.05) is 4.47 Å². The molecule has 1 atom stereocenters. The second kappa shape index (κ2) is 8.13. The van der Waals surface area contributed by atoms with E-state index in [0.29, 0.717) is 0 Å². The number of aliphatic carboxylic acids is 1. The average Bonchev–Trinajstić information content (AvgIpc) is 2.62. The average molecular weight is 395 g/mol. The fourth-order valence-corrected chi connectivity index (χ4v) is 3.27. The molecule has 0 heterocycles. The maximum atomic E-state index is 11.3. The quantitative estimate of drug-likeness (QED) is 0.563. The van der Waals surface area contributed by atoms with Gasteiger partial charge in [-0.25, -0.2) is 0 Å². The minimum atomic E-state index is -0.766. The van der Waals surface area contributed by atoms with Crippen LogP contribution < -0.4 is 0 Å². The second-order valence-corrected chi connectivity index (χ2v) is 7.03. The Bertz CT molecular complexity index is 824. The zero-order valence-electron chi connectivity index (χ0n) is 13.7. The number of carboxylic acids is 1. The first-order valence-corrected chi connectivity index (χ1v) is 9.03. The highest BCUT2D eigenvalue weighted by molar-refractivity contribution is 9.10. The normalized spacial score (nSPS) is 11.9. The number of carbonyl (C=O) groups is 1. The van der Waals surface area contributed by atoms with Crippen molar-refractivity contribution in [2.45, 2.75) is 18.8 Å². The first kappa shape index (κ1) is 17.4. The van der Waals surface area contributed by atoms with E-state index in [9.17, 15) is 9.90 Å². The van der Waals surface area contributed by atoms with Crippen molar-refractivity contribution in [1.82, 2.24) is 0 Å². The summed E-state index contributed by atoms with van der Waals surface area (Å²) in [4.78, 5) is 11.3. The molecule has 2 nitrogen and oxygen atoms in total. The van der Waals surface area contributed by atoms with Crippen LogP contribution in [0.5, 0.6) is 0 Å². The molecule has 0 aliphatic heterocycles. The molecule has 0 amide bonds. The monoisotopic (exact) mass is 394 g/mol. The van der Waals surface area contributed by atoms with Crippen LogP contribution in [-0.4, -0.2) is 11.1 Å². The highest BCUT2D eigenvalue weighted by Crippen LogP contribution is 2.28. The van der Waals surface area contributed by atoms with Crippen molar-refractivity contribution in [2.75, 3.05) is 0 Å². The van der Waals surface area contributed by atoms with Crippen LogP contribution in [0.4, 0.5) is 0 Å². The van der Waals surface area contributed by atoms with E-state index >= 15 is 0 Å². The Labute approximate surface area is 156 Å². The highest BCUT2D eigenvalue weighted by atomic mass is 79.9. The molecule has 0 aliphatic rings. The molecule has 1 unspecified atom stereocenters. The molecule has 3 heteroatoms. The third-order valence-electron chi connectivity index (χ3n) is 4.31. The number of halogens is 1. The van der Waals surface area contributed by atoms with Crippen molar-refractivity contribution in [3.8, 4) is 11.1 Å². The lowest BCUT2D eigenvalue weighted by Crippen LogP contribution is -2.09. The molecule has 3 aromatic carbocycles. The molecule has 126 valence electrons. The van der Waals surface area contributed by atoms with Gasteiger partial charge >= 0.3 is 5.97 Å². The Morgan fingerprint density at radius 1 is 0.840 bits per heavy atom. The molecule has 3 rings (SSSR count). The minimum Gasteiger partial charge on any atom is -0.481 e. The fourth-order valence-electron chi connectivity index (χ4n) is 3.01. The summed E-state index contributed by atoms with van der Waals surface area (Å²) in [6.45, 7) is 0. The lowest BCUT2D eigenvalue weighted by Gasteiger charge is -2.16. The molecule has 0 aromatic heterocycles. The van der Waals surface area contributed by atoms with Crippen LogP contribution in [0.2, 0.25) is 0 Å². The Kier molecular flexibility index (Phi) is 5.67. The third kappa shape index (κ3) is 4.80. The van der Waals surface area contributed by atoms with E-state index in [-0.39, 0.29) is 12.3 Å². The summed E-state index contributed by atoms with van der Waals surface area (Å²) in [6.07, 6.45) is 0.858. The molecule has 0 bridgehead atoms. The summed E-state index contributed by atoms with van der Waals surface area (Å²) in [6, 6.07) is 26.5. The summed E-state index contributed by atoms with van der Waals surface area (Å²) >= 11 is 3.45. The number of carboxylic acid groups (broad SMARTS) is 1. The molecule has 0 aliphatic carbocycles. The molecular formula is C22H19BrO2. The van der Waals surface area contributed by atoms with Crippen LogP contribution >= 0.6 is 15.9 Å². The fraction of sp³-hybridized carbons (Fsp3) is 0.136. The highest BCUT2D eigenvalue weighted by Gasteiger charge is 2.16. The number of hydrogen-bond donors (Lipinski definition) is 1. The predicted octanol–water partition coefficient (Wildman–Crippen LogP) is 5.92. The Hall–Kier alpha value is -2.39. The van der Waals surface area contributed by atoms with E-state index in [1.165, 1.54) is 0 Å². The Balaban J connectivity index is 1.83. The number of benzene rings is 3. The Morgan fingerprint density at radius 3 is 1.96 bits per heavy atom. The molecule has 3 aromatic rings. The van der Waals surface area contributed by atoms with Gasteiger partial charge in [0.2, 0.25) is 0 Å². The first-order valence-electron chi connectivity index (χ1n) is 8.23. The van der Waals surface area contributed by atoms with Gasteiger partial charge in [0.15, 0.2) is 0 Å². The van der Waals surface area contributed by atoms with Gasteiger partial charge in [-0.05, 0) is 46.7 Å². The van der Waals surface area contributed by atoms with Crippen LogP contribution in [0.3, 0.4) is 0 Å². The van der Waals surface area contributed by atoms with Gasteiger partial charge in [0.1, 0.15) is 0 Å². The van der Waals surface area contributed by atoms with E-state index in [1.807, 2.05) is 54.6 Å². The second-order valence-electron chi connectivity index (χ2n) is 6.11. The largest absolute Gasteiger partial charge is 0.481 e. The van der Waals surface area contributed by atoms with Gasteiger partial charge in [0.05, 0.1) is 6.42 Å². The van der Waals surface area contributed by atoms with Crippen molar-refractivity contribution in [2.24, 2.45) is 0 Å². The summed E-state index contributed by atoms with van der Waals surface area (Å²) < 4.78 is 1.05. The maximum absolute atomic E-state index is 11.3. The minimum absolute atomic E-state index is 0.0288. The van der Waals surface area contributed by atoms with E-state index in [2.05, 4.69) is 40.2 Å². The summed E-state index contributed by atoms with van der Waals surface area (Å²) in [5.74, 6) is -0.795. The van der Waals surface area contributed by atoms with Crippen molar-refractivity contribution in [1.29, 1.82) is 0 Å². The predicted molar refractivity (Wildman–Crippen MR) is 105 cm³/mol. The van der Waals surface area contributed by atoms with Crippen LogP contribution in [0.15, 0.2) is 83.3 Å². The van der Waals surface area contributed by atoms with Crippen molar-refractivity contribution < 1.29 is 9.90 Å². The van der Waals surface area contributed by atoms with Gasteiger partial charge in [-0.1, -0.05) is 82.7 Å². The van der Waals surface area contributed by atoms with Gasteiger partial charge in [0.25, 0.3) is 0 Å². The maximum Gasteiger partial charge on any atom is 0.303 e. The molecule has 0 saturated carbocycles. The van der Waals surface area contributed by atoms with Crippen molar-refractivity contribution in [3.63, 3.8) is 0 Å². The zero-order valence-corrected chi connectivity index (χ0v) is 15.3. The van der Waals surface area contributed by atoms with Crippen LogP contribution in [0.25, 0.3) is 11.1 Å². The molecule has 0 radical (unpaired) electrons. The zero-order chi connectivity index (χ0) is 17.6. The van der Waals surface area contributed by atoms with Gasteiger partial charge < -0.3 is 5.11 Å². The van der Waals surface area contributed by atoms with Crippen molar-refractivity contribution >= 4 is 21.9 Å². The molecule has 0 saturated heterocycles. The Morgan fingerprint density at radius 2 is 1.40 bits per heavy atom. The van der Waals surface area contributed by atoms with E-state index in [4.69, 9.17) is 0 Å². The smallest absolute Gasteiger partial charge is 0.303 e.